The third kappa shape index (κ3) is 2.84. The van der Waals surface area contributed by atoms with Crippen LogP contribution in [0.5, 0.6) is 5.88 Å². The first-order valence-electron chi connectivity index (χ1n) is 7.34. The number of hydrogen-bond donors (Lipinski definition) is 1. The van der Waals surface area contributed by atoms with Gasteiger partial charge in [0.1, 0.15) is 0 Å². The number of halogens is 1. The highest BCUT2D eigenvalue weighted by molar-refractivity contribution is 6.30. The van der Waals surface area contributed by atoms with Crippen molar-refractivity contribution in [3.05, 3.63) is 70.5 Å². The van der Waals surface area contributed by atoms with E-state index in [1.165, 1.54) is 10.9 Å². The Morgan fingerprint density at radius 1 is 1.17 bits per heavy atom. The monoisotopic (exact) mass is 338 g/mol. The maximum absolute atomic E-state index is 10.3. The number of aromatic nitrogens is 3. The number of nitriles is 1. The molecule has 0 aliphatic heterocycles. The molecule has 0 aliphatic carbocycles. The lowest BCUT2D eigenvalue weighted by atomic mass is 9.82. The van der Waals surface area contributed by atoms with Gasteiger partial charge in [0.2, 0.25) is 5.88 Å². The summed E-state index contributed by atoms with van der Waals surface area (Å²) in [7, 11) is 0. The Bertz CT molecular complexity index is 923. The van der Waals surface area contributed by atoms with Crippen molar-refractivity contribution in [2.75, 3.05) is 0 Å². The molecule has 1 N–H and O–H groups in total. The van der Waals surface area contributed by atoms with Crippen LogP contribution in [0.2, 0.25) is 5.02 Å². The van der Waals surface area contributed by atoms with E-state index >= 15 is 0 Å². The van der Waals surface area contributed by atoms with Crippen molar-refractivity contribution in [1.29, 1.82) is 5.26 Å². The van der Waals surface area contributed by atoms with Crippen LogP contribution in [0.4, 0.5) is 0 Å². The molecule has 0 radical (unpaired) electrons. The van der Waals surface area contributed by atoms with Gasteiger partial charge in [-0.2, -0.15) is 15.0 Å². The first kappa shape index (κ1) is 16.0. The van der Waals surface area contributed by atoms with Gasteiger partial charge in [-0.3, -0.25) is 0 Å². The van der Waals surface area contributed by atoms with Crippen molar-refractivity contribution in [2.45, 2.75) is 19.3 Å². The minimum absolute atomic E-state index is 0.0328. The summed E-state index contributed by atoms with van der Waals surface area (Å²) in [4.78, 5) is 4.17. The zero-order valence-corrected chi connectivity index (χ0v) is 14.0. The molecule has 0 saturated carbocycles. The van der Waals surface area contributed by atoms with E-state index < -0.39 is 5.41 Å². The number of pyridine rings is 1. The van der Waals surface area contributed by atoms with Crippen LogP contribution in [0.3, 0.4) is 0 Å². The Labute approximate surface area is 144 Å². The minimum atomic E-state index is -0.430. The zero-order chi connectivity index (χ0) is 17.3. The predicted molar refractivity (Wildman–Crippen MR) is 91.3 cm³/mol. The Morgan fingerprint density at radius 3 is 2.54 bits per heavy atom. The van der Waals surface area contributed by atoms with Gasteiger partial charge < -0.3 is 5.11 Å². The molecule has 24 heavy (non-hydrogen) atoms. The molecule has 0 unspecified atom stereocenters. The van der Waals surface area contributed by atoms with Crippen LogP contribution in [-0.4, -0.2) is 19.9 Å². The lowest BCUT2D eigenvalue weighted by Gasteiger charge is -2.22. The first-order chi connectivity index (χ1) is 11.4. The lowest BCUT2D eigenvalue weighted by Crippen LogP contribution is -2.20. The van der Waals surface area contributed by atoms with Crippen molar-refractivity contribution in [3.63, 3.8) is 0 Å². The van der Waals surface area contributed by atoms with E-state index in [1.807, 2.05) is 44.2 Å². The summed E-state index contributed by atoms with van der Waals surface area (Å²) in [6, 6.07) is 14.4. The maximum atomic E-state index is 10.3. The van der Waals surface area contributed by atoms with Gasteiger partial charge in [0.25, 0.3) is 0 Å². The van der Waals surface area contributed by atoms with Crippen LogP contribution in [0, 0.1) is 11.3 Å². The van der Waals surface area contributed by atoms with Gasteiger partial charge >= 0.3 is 0 Å². The molecule has 0 aliphatic rings. The van der Waals surface area contributed by atoms with Crippen molar-refractivity contribution in [2.24, 2.45) is 0 Å². The van der Waals surface area contributed by atoms with Crippen molar-refractivity contribution < 1.29 is 5.11 Å². The van der Waals surface area contributed by atoms with Gasteiger partial charge in [0, 0.05) is 28.8 Å². The smallest absolute Gasteiger partial charge is 0.215 e. The van der Waals surface area contributed by atoms with Gasteiger partial charge in [0.05, 0.1) is 17.3 Å². The Hall–Kier alpha value is -2.84. The lowest BCUT2D eigenvalue weighted by molar-refractivity contribution is 0.431. The van der Waals surface area contributed by atoms with E-state index in [2.05, 4.69) is 10.1 Å². The summed E-state index contributed by atoms with van der Waals surface area (Å²) in [6.07, 6.45) is 1.51. The Balaban J connectivity index is 2.05. The molecule has 0 spiro atoms. The molecular weight excluding hydrogens is 324 g/mol. The van der Waals surface area contributed by atoms with E-state index in [1.54, 1.807) is 18.2 Å². The molecule has 0 atom stereocenters. The SMILES string of the molecule is CC(C)(c1ccc(Cl)cc1)c1cc(O)n(-c2cc(C#N)ccn2)n1. The van der Waals surface area contributed by atoms with Crippen molar-refractivity contribution >= 4 is 11.6 Å². The van der Waals surface area contributed by atoms with Crippen LogP contribution in [0.25, 0.3) is 5.82 Å². The van der Waals surface area contributed by atoms with Crippen LogP contribution in [-0.2, 0) is 5.41 Å². The summed E-state index contributed by atoms with van der Waals surface area (Å²) < 4.78 is 1.33. The van der Waals surface area contributed by atoms with Crippen LogP contribution < -0.4 is 0 Å². The normalized spacial score (nSPS) is 11.2. The minimum Gasteiger partial charge on any atom is -0.493 e. The number of rotatable bonds is 3. The van der Waals surface area contributed by atoms with E-state index in [9.17, 15) is 5.11 Å². The van der Waals surface area contributed by atoms with Crippen LogP contribution in [0.1, 0.15) is 30.7 Å². The van der Waals surface area contributed by atoms with Gasteiger partial charge in [-0.05, 0) is 23.8 Å². The van der Waals surface area contributed by atoms with Crippen LogP contribution >= 0.6 is 11.6 Å². The highest BCUT2D eigenvalue weighted by atomic mass is 35.5. The number of hydrogen-bond acceptors (Lipinski definition) is 4. The maximum Gasteiger partial charge on any atom is 0.215 e. The average molecular weight is 339 g/mol. The summed E-state index contributed by atoms with van der Waals surface area (Å²) in [6.45, 7) is 4.03. The number of benzene rings is 1. The molecule has 0 amide bonds. The standard InChI is InChI=1S/C18H15ClN4O/c1-18(2,13-3-5-14(19)6-4-13)15-10-17(24)23(22-15)16-9-12(11-20)7-8-21-16/h3-10,24H,1-2H3. The highest BCUT2D eigenvalue weighted by Crippen LogP contribution is 2.33. The molecular formula is C18H15ClN4O. The van der Waals surface area contributed by atoms with E-state index in [-0.39, 0.29) is 5.88 Å². The highest BCUT2D eigenvalue weighted by Gasteiger charge is 2.28. The fraction of sp³-hybridized carbons (Fsp3) is 0.167. The molecule has 120 valence electrons. The molecule has 0 bridgehead atoms. The largest absolute Gasteiger partial charge is 0.493 e. The summed E-state index contributed by atoms with van der Waals surface area (Å²) >= 11 is 5.95. The predicted octanol–water partition coefficient (Wildman–Crippen LogP) is 3.82. The van der Waals surface area contributed by atoms with Gasteiger partial charge in [0.15, 0.2) is 5.82 Å². The number of aromatic hydroxyl groups is 1. The topological polar surface area (TPSA) is 74.7 Å². The molecule has 3 rings (SSSR count). The second kappa shape index (κ2) is 5.99. The molecule has 3 aromatic rings. The fourth-order valence-corrected chi connectivity index (χ4v) is 2.59. The molecule has 2 heterocycles. The Kier molecular flexibility index (Phi) is 4.00. The fourth-order valence-electron chi connectivity index (χ4n) is 2.46. The zero-order valence-electron chi connectivity index (χ0n) is 13.2. The average Bonchev–Trinajstić information content (AvgIpc) is 2.98. The van der Waals surface area contributed by atoms with Gasteiger partial charge in [-0.25, -0.2) is 4.98 Å². The second-order valence-corrected chi connectivity index (χ2v) is 6.38. The van der Waals surface area contributed by atoms with E-state index in [0.29, 0.717) is 22.1 Å². The van der Waals surface area contributed by atoms with Crippen molar-refractivity contribution in [1.82, 2.24) is 14.8 Å². The molecule has 0 fully saturated rings. The molecule has 0 saturated heterocycles. The quantitative estimate of drug-likeness (QED) is 0.787. The van der Waals surface area contributed by atoms with Gasteiger partial charge in [-0.1, -0.05) is 37.6 Å². The number of nitrogens with zero attached hydrogens (tertiary/aromatic N) is 4. The van der Waals surface area contributed by atoms with Gasteiger partial charge in [-0.15, -0.1) is 0 Å². The summed E-state index contributed by atoms with van der Waals surface area (Å²) in [5.41, 5.74) is 1.73. The van der Waals surface area contributed by atoms with E-state index in [4.69, 9.17) is 16.9 Å². The third-order valence-corrected chi connectivity index (χ3v) is 4.24. The molecule has 5 nitrogen and oxygen atoms in total. The third-order valence-electron chi connectivity index (χ3n) is 3.99. The second-order valence-electron chi connectivity index (χ2n) is 5.95. The molecule has 6 heteroatoms. The van der Waals surface area contributed by atoms with Crippen LogP contribution in [0.15, 0.2) is 48.7 Å². The molecule has 2 aromatic heterocycles. The molecule has 1 aromatic carbocycles. The first-order valence-corrected chi connectivity index (χ1v) is 7.71. The summed E-state index contributed by atoms with van der Waals surface area (Å²) in [5.74, 6) is 0.360. The Morgan fingerprint density at radius 2 is 1.88 bits per heavy atom. The summed E-state index contributed by atoms with van der Waals surface area (Å²) in [5, 5.41) is 24.4. The van der Waals surface area contributed by atoms with E-state index in [0.717, 1.165) is 5.56 Å². The van der Waals surface area contributed by atoms with Crippen molar-refractivity contribution in [3.8, 4) is 17.8 Å².